The molecule has 5 heterocycles. The minimum absolute atomic E-state index is 0.0505. The molecule has 0 saturated heterocycles. The Morgan fingerprint density at radius 3 is 0.810 bits per heavy atom. The second-order valence-electron chi connectivity index (χ2n) is 8.84. The highest BCUT2D eigenvalue weighted by Crippen LogP contribution is 2.25. The molecule has 0 radical (unpaired) electrons. The van der Waals surface area contributed by atoms with E-state index in [-0.39, 0.29) is 23.0 Å². The summed E-state index contributed by atoms with van der Waals surface area (Å²) >= 11 is 0. The van der Waals surface area contributed by atoms with E-state index < -0.39 is 0 Å². The Kier molecular flexibility index (Phi) is 8.35. The summed E-state index contributed by atoms with van der Waals surface area (Å²) in [7, 11) is 0. The molecule has 4 N–H and O–H groups in total. The quantitative estimate of drug-likeness (QED) is 0.191. The number of aromatic nitrogens is 6. The molecule has 5 aromatic heterocycles. The monoisotopic (exact) mass is 556 g/mol. The lowest BCUT2D eigenvalue weighted by Crippen LogP contribution is -2.00. The molecule has 0 saturated carbocycles. The van der Waals surface area contributed by atoms with Crippen molar-refractivity contribution in [1.29, 1.82) is 0 Å². The molecule has 0 aromatic carbocycles. The summed E-state index contributed by atoms with van der Waals surface area (Å²) < 4.78 is 0. The van der Waals surface area contributed by atoms with E-state index in [1.807, 2.05) is 0 Å². The van der Waals surface area contributed by atoms with E-state index in [0.717, 1.165) is 0 Å². The summed E-state index contributed by atoms with van der Waals surface area (Å²) in [5, 5.41) is 40.9. The van der Waals surface area contributed by atoms with Crippen molar-refractivity contribution in [3.8, 4) is 23.0 Å². The molecule has 10 nitrogen and oxygen atoms in total. The van der Waals surface area contributed by atoms with Crippen molar-refractivity contribution in [1.82, 2.24) is 29.9 Å². The summed E-state index contributed by atoms with van der Waals surface area (Å²) in [6.45, 7) is 0. The first-order valence-corrected chi connectivity index (χ1v) is 12.6. The fraction of sp³-hybridized carbons (Fsp3) is 0. The van der Waals surface area contributed by atoms with Gasteiger partial charge in [-0.2, -0.15) is 0 Å². The molecular weight excluding hydrogens is 532 g/mol. The van der Waals surface area contributed by atoms with Crippen LogP contribution in [0.3, 0.4) is 0 Å². The minimum atomic E-state index is 0.0505. The van der Waals surface area contributed by atoms with E-state index in [9.17, 15) is 20.4 Å². The summed E-state index contributed by atoms with van der Waals surface area (Å²) in [6.07, 6.45) is 25.4. The number of nitrogens with zero attached hydrogens (tertiary/aromatic N) is 6. The third kappa shape index (κ3) is 6.69. The lowest BCUT2D eigenvalue weighted by molar-refractivity contribution is 0.472. The van der Waals surface area contributed by atoms with Crippen LogP contribution in [0.4, 0.5) is 0 Å². The van der Waals surface area contributed by atoms with Crippen LogP contribution in [0.5, 0.6) is 23.0 Å². The van der Waals surface area contributed by atoms with E-state index in [4.69, 9.17) is 9.97 Å². The molecule has 0 bridgehead atoms. The SMILES string of the molecule is Oc1ccncc1C=Cc1nc(C=Cc2cnccc2O)c(C=Cc2cnccc2O)nc1C=Cc1cnccc1O. The van der Waals surface area contributed by atoms with Gasteiger partial charge >= 0.3 is 0 Å². The second kappa shape index (κ2) is 12.8. The van der Waals surface area contributed by atoms with Gasteiger partial charge in [0.15, 0.2) is 0 Å². The van der Waals surface area contributed by atoms with Gasteiger partial charge in [-0.25, -0.2) is 9.97 Å². The normalized spacial score (nSPS) is 11.8. The molecule has 0 aliphatic rings. The smallest absolute Gasteiger partial charge is 0.125 e. The predicted octanol–water partition coefficient (Wildman–Crippen LogP) is 5.56. The van der Waals surface area contributed by atoms with Gasteiger partial charge in [-0.1, -0.05) is 0 Å². The van der Waals surface area contributed by atoms with Gasteiger partial charge in [0.1, 0.15) is 23.0 Å². The van der Waals surface area contributed by atoms with Crippen molar-refractivity contribution in [2.45, 2.75) is 0 Å². The first-order chi connectivity index (χ1) is 20.5. The lowest BCUT2D eigenvalue weighted by atomic mass is 10.1. The zero-order valence-electron chi connectivity index (χ0n) is 22.0. The van der Waals surface area contributed by atoms with Crippen LogP contribution in [0.2, 0.25) is 0 Å². The number of rotatable bonds is 8. The maximum Gasteiger partial charge on any atom is 0.125 e. The lowest BCUT2D eigenvalue weighted by Gasteiger charge is -2.08. The van der Waals surface area contributed by atoms with Crippen molar-refractivity contribution >= 4 is 48.6 Å². The molecule has 5 rings (SSSR count). The zero-order valence-corrected chi connectivity index (χ0v) is 22.0. The molecule has 10 heteroatoms. The highest BCUT2D eigenvalue weighted by Gasteiger charge is 2.10. The third-order valence-corrected chi connectivity index (χ3v) is 6.00. The minimum Gasteiger partial charge on any atom is -0.507 e. The molecule has 5 aromatic rings. The number of aromatic hydroxyl groups is 4. The Bertz CT molecular complexity index is 1590. The van der Waals surface area contributed by atoms with Crippen LogP contribution in [0, 0.1) is 0 Å². The molecule has 42 heavy (non-hydrogen) atoms. The standard InChI is InChI=1S/C32H24N6O4/c39-29-9-13-33-17-21(29)1-5-25-26(6-2-22-18-34-14-10-30(22)40)38-28(8-4-24-20-36-16-12-32(24)42)27(37-25)7-3-23-19-35-15-11-31(23)41/h1-20H,(H,33,39)(H,34,40)(H,35,41)(H,36,42). The molecule has 0 unspecified atom stereocenters. The van der Waals surface area contributed by atoms with Crippen LogP contribution < -0.4 is 0 Å². The Balaban J connectivity index is 1.66. The zero-order chi connectivity index (χ0) is 29.3. The average Bonchev–Trinajstić information content (AvgIpc) is 3.00. The molecule has 0 fully saturated rings. The maximum atomic E-state index is 10.2. The van der Waals surface area contributed by atoms with E-state index in [1.54, 1.807) is 48.6 Å². The van der Waals surface area contributed by atoms with Crippen LogP contribution in [0.15, 0.2) is 73.8 Å². The van der Waals surface area contributed by atoms with Gasteiger partial charge in [0.2, 0.25) is 0 Å². The van der Waals surface area contributed by atoms with Crippen molar-refractivity contribution in [3.63, 3.8) is 0 Å². The van der Waals surface area contributed by atoms with Gasteiger partial charge in [0, 0.05) is 71.8 Å². The van der Waals surface area contributed by atoms with Gasteiger partial charge in [-0.3, -0.25) is 19.9 Å². The average molecular weight is 557 g/mol. The maximum absolute atomic E-state index is 10.2. The largest absolute Gasteiger partial charge is 0.507 e. The van der Waals surface area contributed by atoms with E-state index in [1.165, 1.54) is 73.8 Å². The molecule has 0 spiro atoms. The second-order valence-corrected chi connectivity index (χ2v) is 8.84. The predicted molar refractivity (Wildman–Crippen MR) is 161 cm³/mol. The van der Waals surface area contributed by atoms with Crippen molar-refractivity contribution in [3.05, 3.63) is 119 Å². The summed E-state index contributed by atoms with van der Waals surface area (Å²) in [5.41, 5.74) is 3.67. The Labute approximate surface area is 240 Å². The van der Waals surface area contributed by atoms with Crippen LogP contribution in [-0.2, 0) is 0 Å². The first kappa shape index (κ1) is 27.4. The van der Waals surface area contributed by atoms with Gasteiger partial charge in [-0.05, 0) is 72.9 Å². The topological polar surface area (TPSA) is 158 Å². The summed E-state index contributed by atoms with van der Waals surface area (Å²) in [5.74, 6) is 0.202. The fourth-order valence-electron chi connectivity index (χ4n) is 3.77. The Morgan fingerprint density at radius 2 is 0.595 bits per heavy atom. The molecule has 0 atom stereocenters. The number of hydrogen-bond donors (Lipinski definition) is 4. The fourth-order valence-corrected chi connectivity index (χ4v) is 3.77. The first-order valence-electron chi connectivity index (χ1n) is 12.6. The van der Waals surface area contributed by atoms with Gasteiger partial charge < -0.3 is 20.4 Å². The number of pyridine rings is 4. The Morgan fingerprint density at radius 1 is 0.357 bits per heavy atom. The van der Waals surface area contributed by atoms with Crippen molar-refractivity contribution in [2.75, 3.05) is 0 Å². The molecule has 0 aliphatic carbocycles. The van der Waals surface area contributed by atoms with Crippen molar-refractivity contribution in [2.24, 2.45) is 0 Å². The highest BCUT2D eigenvalue weighted by molar-refractivity contribution is 5.82. The van der Waals surface area contributed by atoms with E-state index in [2.05, 4.69) is 19.9 Å². The summed E-state index contributed by atoms with van der Waals surface area (Å²) in [6, 6.07) is 5.92. The van der Waals surface area contributed by atoms with Crippen LogP contribution in [0.1, 0.15) is 45.0 Å². The van der Waals surface area contributed by atoms with Gasteiger partial charge in [-0.15, -0.1) is 0 Å². The highest BCUT2D eigenvalue weighted by atomic mass is 16.3. The Hall–Kier alpha value is -6.16. The van der Waals surface area contributed by atoms with E-state index in [0.29, 0.717) is 45.0 Å². The molecule has 206 valence electrons. The van der Waals surface area contributed by atoms with Crippen molar-refractivity contribution < 1.29 is 20.4 Å². The van der Waals surface area contributed by atoms with Gasteiger partial charge in [0.05, 0.1) is 22.8 Å². The molecule has 0 aliphatic heterocycles. The number of hydrogen-bond acceptors (Lipinski definition) is 10. The van der Waals surface area contributed by atoms with Crippen LogP contribution >= 0.6 is 0 Å². The molecule has 0 amide bonds. The van der Waals surface area contributed by atoms with Gasteiger partial charge in [0.25, 0.3) is 0 Å². The summed E-state index contributed by atoms with van der Waals surface area (Å²) in [4.78, 5) is 25.9. The molecular formula is C32H24N6O4. The van der Waals surface area contributed by atoms with E-state index >= 15 is 0 Å². The van der Waals surface area contributed by atoms with Crippen LogP contribution in [0.25, 0.3) is 48.6 Å². The third-order valence-electron chi connectivity index (χ3n) is 6.00. The van der Waals surface area contributed by atoms with Crippen LogP contribution in [-0.4, -0.2) is 50.3 Å².